The topological polar surface area (TPSA) is 36.8 Å². The molecule has 2 aromatic rings. The number of para-hydroxylation sites is 1. The molecule has 0 bridgehead atoms. The van der Waals surface area contributed by atoms with Crippen molar-refractivity contribution < 1.29 is 0 Å². The molecule has 120 valence electrons. The number of hydrogen-bond acceptors (Lipinski definition) is 3. The first kappa shape index (κ1) is 16.9. The smallest absolute Gasteiger partial charge is 0.0626 e. The number of hydrogen-bond donors (Lipinski definition) is 1. The highest BCUT2D eigenvalue weighted by molar-refractivity contribution is 5.65. The van der Waals surface area contributed by atoms with E-state index in [1.165, 1.54) is 5.56 Å². The van der Waals surface area contributed by atoms with Gasteiger partial charge >= 0.3 is 0 Å². The molecule has 0 aromatic heterocycles. The van der Waals surface area contributed by atoms with Crippen molar-refractivity contribution in [2.45, 2.75) is 27.2 Å². The molecule has 1 unspecified atom stereocenters. The molecule has 0 aliphatic rings. The molecule has 2 aromatic carbocycles. The summed E-state index contributed by atoms with van der Waals surface area (Å²) < 4.78 is 0. The zero-order valence-electron chi connectivity index (χ0n) is 14.1. The van der Waals surface area contributed by atoms with Gasteiger partial charge in [0.1, 0.15) is 0 Å². The van der Waals surface area contributed by atoms with Crippen molar-refractivity contribution in [3.05, 3.63) is 60.2 Å². The standard InChI is InChI=1S/C20H25N3/c1-16(2)14-21-19-11-9-18(10-12-19)13-17(3)15-22-23-20-7-5-4-6-8-20/h4-12,14-17,23H,13H2,1-3H3/b21-14?,22-15+. The second kappa shape index (κ2) is 8.89. The molecule has 1 N–H and O–H groups in total. The minimum absolute atomic E-state index is 0.372. The largest absolute Gasteiger partial charge is 0.279 e. The summed E-state index contributed by atoms with van der Waals surface area (Å²) in [5, 5.41) is 4.31. The van der Waals surface area contributed by atoms with E-state index >= 15 is 0 Å². The minimum atomic E-state index is 0.372. The van der Waals surface area contributed by atoms with Gasteiger partial charge in [0, 0.05) is 12.4 Å². The summed E-state index contributed by atoms with van der Waals surface area (Å²) in [5.74, 6) is 0.847. The third kappa shape index (κ3) is 6.47. The van der Waals surface area contributed by atoms with E-state index in [9.17, 15) is 0 Å². The van der Waals surface area contributed by atoms with Crippen molar-refractivity contribution >= 4 is 23.8 Å². The maximum Gasteiger partial charge on any atom is 0.0626 e. The van der Waals surface area contributed by atoms with Gasteiger partial charge < -0.3 is 0 Å². The van der Waals surface area contributed by atoms with E-state index in [4.69, 9.17) is 0 Å². The Morgan fingerprint density at radius 3 is 2.26 bits per heavy atom. The Morgan fingerprint density at radius 1 is 0.913 bits per heavy atom. The lowest BCUT2D eigenvalue weighted by molar-refractivity contribution is 0.781. The minimum Gasteiger partial charge on any atom is -0.279 e. The molecule has 0 spiro atoms. The predicted molar refractivity (Wildman–Crippen MR) is 101 cm³/mol. The number of nitrogens with one attached hydrogen (secondary N) is 1. The molecule has 0 aliphatic heterocycles. The van der Waals surface area contributed by atoms with Gasteiger partial charge in [0.25, 0.3) is 0 Å². The van der Waals surface area contributed by atoms with E-state index in [-0.39, 0.29) is 0 Å². The number of aliphatic imine (C=N–C) groups is 1. The Bertz CT molecular complexity index is 628. The van der Waals surface area contributed by atoms with Crippen molar-refractivity contribution in [1.82, 2.24) is 0 Å². The van der Waals surface area contributed by atoms with Crippen LogP contribution in [0.25, 0.3) is 0 Å². The fourth-order valence-corrected chi connectivity index (χ4v) is 2.13. The van der Waals surface area contributed by atoms with Gasteiger partial charge in [-0.15, -0.1) is 0 Å². The number of hydrazone groups is 1. The van der Waals surface area contributed by atoms with Gasteiger partial charge in [-0.2, -0.15) is 5.10 Å². The van der Waals surface area contributed by atoms with Crippen molar-refractivity contribution in [2.75, 3.05) is 5.43 Å². The van der Waals surface area contributed by atoms with Crippen LogP contribution in [0.5, 0.6) is 0 Å². The summed E-state index contributed by atoms with van der Waals surface area (Å²) in [5.41, 5.74) is 6.36. The van der Waals surface area contributed by atoms with Crippen LogP contribution in [0.4, 0.5) is 11.4 Å². The van der Waals surface area contributed by atoms with Crippen LogP contribution in [0, 0.1) is 11.8 Å². The van der Waals surface area contributed by atoms with Crippen LogP contribution in [0.2, 0.25) is 0 Å². The van der Waals surface area contributed by atoms with Crippen LogP contribution in [-0.4, -0.2) is 12.4 Å². The summed E-state index contributed by atoms with van der Waals surface area (Å²) >= 11 is 0. The van der Waals surface area contributed by atoms with Crippen molar-refractivity contribution in [1.29, 1.82) is 0 Å². The van der Waals surface area contributed by atoms with Crippen molar-refractivity contribution in [3.63, 3.8) is 0 Å². The quantitative estimate of drug-likeness (QED) is 0.545. The average Bonchev–Trinajstić information content (AvgIpc) is 2.55. The van der Waals surface area contributed by atoms with E-state index in [2.05, 4.69) is 60.6 Å². The van der Waals surface area contributed by atoms with Crippen molar-refractivity contribution in [3.8, 4) is 0 Å². The number of rotatable bonds is 7. The first-order valence-electron chi connectivity index (χ1n) is 8.11. The highest BCUT2D eigenvalue weighted by Crippen LogP contribution is 2.15. The molecule has 23 heavy (non-hydrogen) atoms. The monoisotopic (exact) mass is 307 g/mol. The molecule has 2 rings (SSSR count). The van der Waals surface area contributed by atoms with Crippen LogP contribution in [-0.2, 0) is 6.42 Å². The van der Waals surface area contributed by atoms with Gasteiger partial charge in [-0.25, -0.2) is 0 Å². The van der Waals surface area contributed by atoms with Crippen LogP contribution >= 0.6 is 0 Å². The van der Waals surface area contributed by atoms with Gasteiger partial charge in [0.05, 0.1) is 11.4 Å². The third-order valence-electron chi connectivity index (χ3n) is 3.31. The maximum atomic E-state index is 4.45. The molecular weight excluding hydrogens is 282 g/mol. The Balaban J connectivity index is 1.84. The lowest BCUT2D eigenvalue weighted by Gasteiger charge is -2.07. The molecule has 0 fully saturated rings. The van der Waals surface area contributed by atoms with Crippen molar-refractivity contribution in [2.24, 2.45) is 21.9 Å². The zero-order valence-corrected chi connectivity index (χ0v) is 14.1. The number of benzene rings is 2. The van der Waals surface area contributed by atoms with Gasteiger partial charge in [0.2, 0.25) is 0 Å². The number of anilines is 1. The lowest BCUT2D eigenvalue weighted by atomic mass is 10.0. The fourth-order valence-electron chi connectivity index (χ4n) is 2.13. The summed E-state index contributed by atoms with van der Waals surface area (Å²) in [4.78, 5) is 4.45. The molecule has 0 aliphatic carbocycles. The molecular formula is C20H25N3. The highest BCUT2D eigenvalue weighted by Gasteiger charge is 2.01. The Hall–Kier alpha value is -2.42. The van der Waals surface area contributed by atoms with Gasteiger partial charge in [-0.05, 0) is 48.1 Å². The summed E-state index contributed by atoms with van der Waals surface area (Å²) in [7, 11) is 0. The second-order valence-corrected chi connectivity index (χ2v) is 6.13. The molecule has 1 atom stereocenters. The van der Waals surface area contributed by atoms with E-state index in [1.807, 2.05) is 42.8 Å². The van der Waals surface area contributed by atoms with E-state index in [0.717, 1.165) is 17.8 Å². The SMILES string of the molecule is CC(C)C=Nc1ccc(CC(C)/C=N/Nc2ccccc2)cc1. The Kier molecular flexibility index (Phi) is 6.55. The summed E-state index contributed by atoms with van der Waals surface area (Å²) in [6.07, 6.45) is 4.89. The third-order valence-corrected chi connectivity index (χ3v) is 3.31. The fraction of sp³-hybridized carbons (Fsp3) is 0.300. The lowest BCUT2D eigenvalue weighted by Crippen LogP contribution is -2.02. The molecule has 0 saturated heterocycles. The Morgan fingerprint density at radius 2 is 1.61 bits per heavy atom. The molecule has 0 heterocycles. The van der Waals surface area contributed by atoms with E-state index < -0.39 is 0 Å². The first-order chi connectivity index (χ1) is 11.1. The predicted octanol–water partition coefficient (Wildman–Crippen LogP) is 5.32. The normalized spacial score (nSPS) is 13.0. The highest BCUT2D eigenvalue weighted by atomic mass is 15.3. The molecule has 0 amide bonds. The zero-order chi connectivity index (χ0) is 16.5. The van der Waals surface area contributed by atoms with Gasteiger partial charge in [0.15, 0.2) is 0 Å². The van der Waals surface area contributed by atoms with Crippen LogP contribution < -0.4 is 5.43 Å². The molecule has 3 nitrogen and oxygen atoms in total. The van der Waals surface area contributed by atoms with Gasteiger partial charge in [-0.3, -0.25) is 10.4 Å². The molecule has 3 heteroatoms. The number of nitrogens with zero attached hydrogens (tertiary/aromatic N) is 2. The molecule has 0 saturated carbocycles. The summed E-state index contributed by atoms with van der Waals surface area (Å²) in [6.45, 7) is 6.42. The summed E-state index contributed by atoms with van der Waals surface area (Å²) in [6, 6.07) is 18.4. The van der Waals surface area contributed by atoms with Gasteiger partial charge in [-0.1, -0.05) is 51.1 Å². The second-order valence-electron chi connectivity index (χ2n) is 6.13. The maximum absolute atomic E-state index is 4.45. The van der Waals surface area contributed by atoms with Crippen LogP contribution in [0.1, 0.15) is 26.3 Å². The van der Waals surface area contributed by atoms with E-state index in [1.54, 1.807) is 0 Å². The Labute approximate surface area is 139 Å². The average molecular weight is 307 g/mol. The van der Waals surface area contributed by atoms with Crippen LogP contribution in [0.3, 0.4) is 0 Å². The van der Waals surface area contributed by atoms with E-state index in [0.29, 0.717) is 11.8 Å². The van der Waals surface area contributed by atoms with Crippen LogP contribution in [0.15, 0.2) is 64.7 Å². The first-order valence-corrected chi connectivity index (χ1v) is 8.11. The molecule has 0 radical (unpaired) electrons.